The van der Waals surface area contributed by atoms with Crippen molar-refractivity contribution in [1.29, 1.82) is 5.26 Å². The number of piperidine rings is 1. The molecule has 0 radical (unpaired) electrons. The lowest BCUT2D eigenvalue weighted by molar-refractivity contribution is 0.178. The topological polar surface area (TPSA) is 43.2 Å². The van der Waals surface area contributed by atoms with Crippen LogP contribution in [-0.4, -0.2) is 43.1 Å². The number of rotatable bonds is 1. The SMILES string of the molecule is Cc1ccnc(N2C[C@H]3CCN(C)C[C@H]3C2)c1C#N. The van der Waals surface area contributed by atoms with Crippen molar-refractivity contribution >= 4 is 5.82 Å². The molecule has 3 rings (SSSR count). The van der Waals surface area contributed by atoms with Gasteiger partial charge in [-0.25, -0.2) is 4.98 Å². The molecule has 3 heterocycles. The van der Waals surface area contributed by atoms with Gasteiger partial charge in [0.25, 0.3) is 0 Å². The van der Waals surface area contributed by atoms with Crippen LogP contribution < -0.4 is 4.90 Å². The lowest BCUT2D eigenvalue weighted by atomic mass is 9.89. The van der Waals surface area contributed by atoms with Gasteiger partial charge in [-0.2, -0.15) is 5.26 Å². The summed E-state index contributed by atoms with van der Waals surface area (Å²) in [6.45, 7) is 6.46. The maximum Gasteiger partial charge on any atom is 0.146 e. The van der Waals surface area contributed by atoms with E-state index in [4.69, 9.17) is 0 Å². The first-order valence-electron chi connectivity index (χ1n) is 6.98. The summed E-state index contributed by atoms with van der Waals surface area (Å²) in [6, 6.07) is 4.23. The number of hydrogen-bond acceptors (Lipinski definition) is 4. The number of fused-ring (bicyclic) bond motifs is 1. The van der Waals surface area contributed by atoms with Gasteiger partial charge in [-0.1, -0.05) is 0 Å². The third-order valence-corrected chi connectivity index (χ3v) is 4.55. The molecule has 0 N–H and O–H groups in total. The van der Waals surface area contributed by atoms with Gasteiger partial charge in [0.05, 0.1) is 5.56 Å². The Balaban J connectivity index is 1.85. The molecule has 2 fully saturated rings. The molecule has 4 heteroatoms. The van der Waals surface area contributed by atoms with Crippen LogP contribution in [0.25, 0.3) is 0 Å². The molecule has 19 heavy (non-hydrogen) atoms. The quantitative estimate of drug-likeness (QED) is 0.766. The van der Waals surface area contributed by atoms with E-state index < -0.39 is 0 Å². The first kappa shape index (κ1) is 12.4. The fraction of sp³-hybridized carbons (Fsp3) is 0.600. The molecular formula is C15H20N4. The van der Waals surface area contributed by atoms with Crippen LogP contribution >= 0.6 is 0 Å². The Morgan fingerprint density at radius 3 is 2.89 bits per heavy atom. The Morgan fingerprint density at radius 2 is 2.11 bits per heavy atom. The van der Waals surface area contributed by atoms with Gasteiger partial charge in [0.1, 0.15) is 11.9 Å². The number of nitrogens with zero attached hydrogens (tertiary/aromatic N) is 4. The van der Waals surface area contributed by atoms with Gasteiger partial charge in [-0.15, -0.1) is 0 Å². The number of aromatic nitrogens is 1. The second-order valence-electron chi connectivity index (χ2n) is 5.91. The number of aryl methyl sites for hydroxylation is 1. The number of nitriles is 1. The Hall–Kier alpha value is -1.60. The minimum absolute atomic E-state index is 0.729. The van der Waals surface area contributed by atoms with Gasteiger partial charge in [0, 0.05) is 25.8 Å². The molecule has 0 spiro atoms. The van der Waals surface area contributed by atoms with Gasteiger partial charge in [0.15, 0.2) is 0 Å². The zero-order chi connectivity index (χ0) is 13.4. The summed E-state index contributed by atoms with van der Waals surface area (Å²) in [5.74, 6) is 2.39. The van der Waals surface area contributed by atoms with Crippen molar-refractivity contribution < 1.29 is 0 Å². The van der Waals surface area contributed by atoms with Crippen LogP contribution in [0.1, 0.15) is 17.5 Å². The molecule has 100 valence electrons. The van der Waals surface area contributed by atoms with Crippen molar-refractivity contribution in [3.8, 4) is 6.07 Å². The highest BCUT2D eigenvalue weighted by Crippen LogP contribution is 2.34. The molecule has 2 atom stereocenters. The van der Waals surface area contributed by atoms with Crippen LogP contribution in [-0.2, 0) is 0 Å². The normalized spacial score (nSPS) is 27.1. The molecule has 1 aromatic heterocycles. The molecule has 2 aliphatic rings. The lowest BCUT2D eigenvalue weighted by Crippen LogP contribution is -2.37. The molecule has 0 aromatic carbocycles. The summed E-state index contributed by atoms with van der Waals surface area (Å²) in [5, 5.41) is 9.34. The Bertz CT molecular complexity index is 519. The Labute approximate surface area is 114 Å². The largest absolute Gasteiger partial charge is 0.355 e. The Morgan fingerprint density at radius 1 is 1.32 bits per heavy atom. The van der Waals surface area contributed by atoms with Gasteiger partial charge in [-0.3, -0.25) is 0 Å². The van der Waals surface area contributed by atoms with Crippen LogP contribution in [0, 0.1) is 30.1 Å². The first-order valence-corrected chi connectivity index (χ1v) is 6.98. The van der Waals surface area contributed by atoms with Crippen molar-refractivity contribution in [3.63, 3.8) is 0 Å². The van der Waals surface area contributed by atoms with E-state index in [0.29, 0.717) is 0 Å². The minimum Gasteiger partial charge on any atom is -0.355 e. The molecule has 0 aliphatic carbocycles. The third-order valence-electron chi connectivity index (χ3n) is 4.55. The summed E-state index contributed by atoms with van der Waals surface area (Å²) in [4.78, 5) is 9.19. The van der Waals surface area contributed by atoms with Crippen LogP contribution in [0.2, 0.25) is 0 Å². The molecule has 0 amide bonds. The zero-order valence-corrected chi connectivity index (χ0v) is 11.6. The fourth-order valence-corrected chi connectivity index (χ4v) is 3.45. The summed E-state index contributed by atoms with van der Waals surface area (Å²) < 4.78 is 0. The average Bonchev–Trinajstić information content (AvgIpc) is 2.81. The monoisotopic (exact) mass is 256 g/mol. The van der Waals surface area contributed by atoms with E-state index >= 15 is 0 Å². The van der Waals surface area contributed by atoms with E-state index in [2.05, 4.69) is 27.9 Å². The van der Waals surface area contributed by atoms with Crippen molar-refractivity contribution in [2.24, 2.45) is 11.8 Å². The van der Waals surface area contributed by atoms with Crippen LogP contribution in [0.5, 0.6) is 0 Å². The average molecular weight is 256 g/mol. The first-order chi connectivity index (χ1) is 9.19. The predicted molar refractivity (Wildman–Crippen MR) is 75.0 cm³/mol. The van der Waals surface area contributed by atoms with Crippen LogP contribution in [0.15, 0.2) is 12.3 Å². The summed E-state index contributed by atoms with van der Waals surface area (Å²) >= 11 is 0. The standard InChI is InChI=1S/C15H20N4/c1-11-3-5-17-15(14(11)7-16)19-9-12-4-6-18(2)8-13(12)10-19/h3,5,12-13H,4,6,8-10H2,1-2H3/t12-,13+/m1/s1. The summed E-state index contributed by atoms with van der Waals surface area (Å²) in [7, 11) is 2.20. The lowest BCUT2D eigenvalue weighted by Gasteiger charge is -2.31. The highest BCUT2D eigenvalue weighted by molar-refractivity contribution is 5.57. The maximum absolute atomic E-state index is 9.34. The summed E-state index contributed by atoms with van der Waals surface area (Å²) in [6.07, 6.45) is 3.09. The van der Waals surface area contributed by atoms with Crippen LogP contribution in [0.3, 0.4) is 0 Å². The Kier molecular flexibility index (Phi) is 3.16. The van der Waals surface area contributed by atoms with Crippen molar-refractivity contribution in [2.75, 3.05) is 38.1 Å². The zero-order valence-electron chi connectivity index (χ0n) is 11.6. The van der Waals surface area contributed by atoms with E-state index in [0.717, 1.165) is 41.9 Å². The molecule has 1 aromatic rings. The van der Waals surface area contributed by atoms with Gasteiger partial charge < -0.3 is 9.80 Å². The molecule has 0 saturated carbocycles. The summed E-state index contributed by atoms with van der Waals surface area (Å²) in [5.41, 5.74) is 1.77. The number of likely N-dealkylation sites (tertiary alicyclic amines) is 1. The van der Waals surface area contributed by atoms with Crippen molar-refractivity contribution in [1.82, 2.24) is 9.88 Å². The van der Waals surface area contributed by atoms with Gasteiger partial charge in [0.2, 0.25) is 0 Å². The van der Waals surface area contributed by atoms with Crippen molar-refractivity contribution in [3.05, 3.63) is 23.4 Å². The molecule has 0 bridgehead atoms. The smallest absolute Gasteiger partial charge is 0.146 e. The minimum atomic E-state index is 0.729. The van der Waals surface area contributed by atoms with Gasteiger partial charge in [-0.05, 0) is 50.4 Å². The number of hydrogen-bond donors (Lipinski definition) is 0. The molecule has 2 aliphatic heterocycles. The molecule has 2 saturated heterocycles. The van der Waals surface area contributed by atoms with E-state index in [1.54, 1.807) is 0 Å². The van der Waals surface area contributed by atoms with E-state index in [1.165, 1.54) is 19.5 Å². The second kappa shape index (κ2) is 4.82. The highest BCUT2D eigenvalue weighted by Gasteiger charge is 2.37. The fourth-order valence-electron chi connectivity index (χ4n) is 3.45. The van der Waals surface area contributed by atoms with Crippen molar-refractivity contribution in [2.45, 2.75) is 13.3 Å². The third kappa shape index (κ3) is 2.19. The molecule has 0 unspecified atom stereocenters. The number of anilines is 1. The second-order valence-corrected chi connectivity index (χ2v) is 5.91. The molecule has 4 nitrogen and oxygen atoms in total. The van der Waals surface area contributed by atoms with Gasteiger partial charge >= 0.3 is 0 Å². The maximum atomic E-state index is 9.34. The molecular weight excluding hydrogens is 236 g/mol. The highest BCUT2D eigenvalue weighted by atomic mass is 15.2. The predicted octanol–water partition coefficient (Wildman–Crippen LogP) is 1.65. The van der Waals surface area contributed by atoms with E-state index in [1.807, 2.05) is 19.2 Å². The number of pyridine rings is 1. The van der Waals surface area contributed by atoms with E-state index in [-0.39, 0.29) is 0 Å². The van der Waals surface area contributed by atoms with Crippen LogP contribution in [0.4, 0.5) is 5.82 Å². The van der Waals surface area contributed by atoms with E-state index in [9.17, 15) is 5.26 Å².